The summed E-state index contributed by atoms with van der Waals surface area (Å²) >= 11 is 0. The van der Waals surface area contributed by atoms with Gasteiger partial charge in [-0.3, -0.25) is 4.90 Å². The number of nitrogens with zero attached hydrogens (tertiary/aromatic N) is 2. The smallest absolute Gasteiger partial charge is 0.0900 e. The van der Waals surface area contributed by atoms with E-state index in [0.717, 1.165) is 51.6 Å². The van der Waals surface area contributed by atoms with Crippen LogP contribution in [0, 0.1) is 17.8 Å². The summed E-state index contributed by atoms with van der Waals surface area (Å²) in [6, 6.07) is 0. The molecule has 0 aromatic carbocycles. The van der Waals surface area contributed by atoms with Gasteiger partial charge in [-0.25, -0.2) is 0 Å². The van der Waals surface area contributed by atoms with Crippen LogP contribution in [0.15, 0.2) is 0 Å². The molecule has 2 rings (SSSR count). The molecule has 0 bridgehead atoms. The van der Waals surface area contributed by atoms with Gasteiger partial charge in [0.1, 0.15) is 0 Å². The minimum absolute atomic E-state index is 0.338. The molecule has 0 spiro atoms. The molecule has 23 heavy (non-hydrogen) atoms. The molecule has 136 valence electrons. The first-order valence-corrected chi connectivity index (χ1v) is 9.74. The number of aliphatic hydroxyl groups excluding tert-OH is 1. The van der Waals surface area contributed by atoms with Crippen molar-refractivity contribution >= 4 is 0 Å². The van der Waals surface area contributed by atoms with E-state index in [2.05, 4.69) is 37.5 Å². The number of aliphatic hydroxyl groups is 1. The van der Waals surface area contributed by atoms with E-state index in [1.54, 1.807) is 0 Å². The third-order valence-corrected chi connectivity index (χ3v) is 5.85. The minimum atomic E-state index is -0.353. The van der Waals surface area contributed by atoms with Crippen molar-refractivity contribution in [1.29, 1.82) is 0 Å². The SMILES string of the molecule is CCN1CCN(C[C@H](O)CO[C@@H]2C[C@@H](C)CC[C@@H]2C(C)C)CC1. The van der Waals surface area contributed by atoms with E-state index >= 15 is 0 Å². The third kappa shape index (κ3) is 6.00. The van der Waals surface area contributed by atoms with Crippen molar-refractivity contribution in [3.05, 3.63) is 0 Å². The van der Waals surface area contributed by atoms with Crippen LogP contribution >= 0.6 is 0 Å². The molecular weight excluding hydrogens is 288 g/mol. The van der Waals surface area contributed by atoms with Gasteiger partial charge in [-0.05, 0) is 37.1 Å². The fourth-order valence-corrected chi connectivity index (χ4v) is 4.18. The first-order chi connectivity index (χ1) is 11.0. The first-order valence-electron chi connectivity index (χ1n) is 9.74. The van der Waals surface area contributed by atoms with Crippen LogP contribution in [0.2, 0.25) is 0 Å². The summed E-state index contributed by atoms with van der Waals surface area (Å²) in [5.41, 5.74) is 0. The Kier molecular flexibility index (Phi) is 7.80. The molecule has 1 saturated carbocycles. The van der Waals surface area contributed by atoms with Gasteiger partial charge in [0.15, 0.2) is 0 Å². The molecule has 1 saturated heterocycles. The van der Waals surface area contributed by atoms with Crippen molar-refractivity contribution in [3.63, 3.8) is 0 Å². The molecule has 4 nitrogen and oxygen atoms in total. The maximum atomic E-state index is 10.4. The number of β-amino-alcohol motifs (C(OH)–C–C–N with tert-alkyl or cyclic N) is 1. The molecule has 1 heterocycles. The van der Waals surface area contributed by atoms with Gasteiger partial charge in [-0.1, -0.05) is 34.1 Å². The second-order valence-corrected chi connectivity index (χ2v) is 8.09. The average molecular weight is 327 g/mol. The summed E-state index contributed by atoms with van der Waals surface area (Å²) in [5.74, 6) is 2.09. The molecule has 4 atom stereocenters. The summed E-state index contributed by atoms with van der Waals surface area (Å²) in [7, 11) is 0. The monoisotopic (exact) mass is 326 g/mol. The zero-order chi connectivity index (χ0) is 16.8. The second-order valence-electron chi connectivity index (χ2n) is 8.09. The van der Waals surface area contributed by atoms with Crippen molar-refractivity contribution in [2.24, 2.45) is 17.8 Å². The van der Waals surface area contributed by atoms with Gasteiger partial charge in [-0.15, -0.1) is 0 Å². The lowest BCUT2D eigenvalue weighted by Gasteiger charge is -2.38. The van der Waals surface area contributed by atoms with E-state index in [1.807, 2.05) is 0 Å². The Labute approximate surface area is 143 Å². The number of hydrogen-bond donors (Lipinski definition) is 1. The summed E-state index contributed by atoms with van der Waals surface area (Å²) in [5, 5.41) is 10.4. The lowest BCUT2D eigenvalue weighted by molar-refractivity contribution is -0.0753. The number of likely N-dealkylation sites (N-methyl/N-ethyl adjacent to an activating group) is 1. The third-order valence-electron chi connectivity index (χ3n) is 5.85. The lowest BCUT2D eigenvalue weighted by Crippen LogP contribution is -2.49. The number of ether oxygens (including phenoxy) is 1. The Hall–Kier alpha value is -0.160. The lowest BCUT2D eigenvalue weighted by atomic mass is 9.75. The van der Waals surface area contributed by atoms with Crippen LogP contribution in [-0.2, 0) is 4.74 Å². The molecule has 0 unspecified atom stereocenters. The van der Waals surface area contributed by atoms with E-state index in [0.29, 0.717) is 24.5 Å². The van der Waals surface area contributed by atoms with E-state index in [-0.39, 0.29) is 6.10 Å². The van der Waals surface area contributed by atoms with Crippen LogP contribution < -0.4 is 0 Å². The molecule has 0 aromatic rings. The zero-order valence-corrected chi connectivity index (χ0v) is 15.7. The summed E-state index contributed by atoms with van der Waals surface area (Å²) in [6.45, 7) is 15.9. The van der Waals surface area contributed by atoms with Gasteiger partial charge in [0.05, 0.1) is 18.8 Å². The minimum Gasteiger partial charge on any atom is -0.389 e. The summed E-state index contributed by atoms with van der Waals surface area (Å²) in [4.78, 5) is 4.85. The quantitative estimate of drug-likeness (QED) is 0.780. The van der Waals surface area contributed by atoms with Crippen molar-refractivity contribution < 1.29 is 9.84 Å². The summed E-state index contributed by atoms with van der Waals surface area (Å²) < 4.78 is 6.19. The highest BCUT2D eigenvalue weighted by Gasteiger charge is 2.31. The standard InChI is InChI=1S/C19H38N2O2/c1-5-20-8-10-21(11-9-20)13-17(22)14-23-19-12-16(4)6-7-18(19)15(2)3/h15-19,22H,5-14H2,1-4H3/t16-,17-,18+,19+/m0/s1. The topological polar surface area (TPSA) is 35.9 Å². The fraction of sp³-hybridized carbons (Fsp3) is 1.00. The van der Waals surface area contributed by atoms with E-state index in [1.165, 1.54) is 12.8 Å². The van der Waals surface area contributed by atoms with Gasteiger partial charge in [0.2, 0.25) is 0 Å². The molecule has 1 aliphatic carbocycles. The maximum Gasteiger partial charge on any atom is 0.0900 e. The normalized spacial score (nSPS) is 32.3. The van der Waals surface area contributed by atoms with E-state index < -0.39 is 0 Å². The first kappa shape index (κ1) is 19.2. The molecule has 0 amide bonds. The molecule has 1 N–H and O–H groups in total. The van der Waals surface area contributed by atoms with Gasteiger partial charge in [0.25, 0.3) is 0 Å². The number of rotatable bonds is 7. The Bertz CT molecular complexity index is 329. The highest BCUT2D eigenvalue weighted by Crippen LogP contribution is 2.35. The van der Waals surface area contributed by atoms with Crippen LogP contribution in [-0.4, -0.2) is 73.0 Å². The van der Waals surface area contributed by atoms with Gasteiger partial charge < -0.3 is 14.7 Å². The molecule has 0 aromatic heterocycles. The molecule has 0 radical (unpaired) electrons. The molecule has 2 fully saturated rings. The van der Waals surface area contributed by atoms with Crippen LogP contribution in [0.25, 0.3) is 0 Å². The van der Waals surface area contributed by atoms with Gasteiger partial charge in [-0.2, -0.15) is 0 Å². The zero-order valence-electron chi connectivity index (χ0n) is 15.7. The predicted octanol–water partition coefficient (Wildman–Crippen LogP) is 2.46. The van der Waals surface area contributed by atoms with E-state index in [9.17, 15) is 5.11 Å². The molecule has 1 aliphatic heterocycles. The van der Waals surface area contributed by atoms with Crippen molar-refractivity contribution in [2.75, 3.05) is 45.9 Å². The molecule has 2 aliphatic rings. The largest absolute Gasteiger partial charge is 0.389 e. The highest BCUT2D eigenvalue weighted by atomic mass is 16.5. The second kappa shape index (κ2) is 9.36. The van der Waals surface area contributed by atoms with Gasteiger partial charge in [0, 0.05) is 32.7 Å². The van der Waals surface area contributed by atoms with Crippen LogP contribution in [0.1, 0.15) is 47.0 Å². The average Bonchev–Trinajstić information content (AvgIpc) is 2.53. The van der Waals surface area contributed by atoms with Crippen molar-refractivity contribution in [3.8, 4) is 0 Å². The Morgan fingerprint density at radius 3 is 2.35 bits per heavy atom. The predicted molar refractivity (Wildman–Crippen MR) is 95.6 cm³/mol. The summed E-state index contributed by atoms with van der Waals surface area (Å²) in [6.07, 6.45) is 3.74. The van der Waals surface area contributed by atoms with Crippen LogP contribution in [0.3, 0.4) is 0 Å². The number of piperazine rings is 1. The Morgan fingerprint density at radius 1 is 1.09 bits per heavy atom. The van der Waals surface area contributed by atoms with Gasteiger partial charge >= 0.3 is 0 Å². The van der Waals surface area contributed by atoms with E-state index in [4.69, 9.17) is 4.74 Å². The maximum absolute atomic E-state index is 10.4. The Morgan fingerprint density at radius 2 is 1.74 bits per heavy atom. The van der Waals surface area contributed by atoms with Crippen molar-refractivity contribution in [2.45, 2.75) is 59.2 Å². The van der Waals surface area contributed by atoms with Crippen LogP contribution in [0.5, 0.6) is 0 Å². The van der Waals surface area contributed by atoms with Crippen LogP contribution in [0.4, 0.5) is 0 Å². The highest BCUT2D eigenvalue weighted by molar-refractivity contribution is 4.82. The molecule has 4 heteroatoms. The van der Waals surface area contributed by atoms with Crippen molar-refractivity contribution in [1.82, 2.24) is 9.80 Å². The molecular formula is C19H38N2O2. The Balaban J connectivity index is 1.71. The fourth-order valence-electron chi connectivity index (χ4n) is 4.18. The number of hydrogen-bond acceptors (Lipinski definition) is 4.